The van der Waals surface area contributed by atoms with E-state index in [1.807, 2.05) is 29.2 Å². The number of carbonyl (C=O) groups excluding carboxylic acids is 1. The predicted octanol–water partition coefficient (Wildman–Crippen LogP) is 2.08. The molecule has 96 valence electrons. The zero-order chi connectivity index (χ0) is 12.5. The Kier molecular flexibility index (Phi) is 3.16. The van der Waals surface area contributed by atoms with Crippen molar-refractivity contribution in [1.29, 1.82) is 0 Å². The Bertz CT molecular complexity index is 438. The fraction of sp³-hybridized carbons (Fsp3) is 0.500. The van der Waals surface area contributed by atoms with E-state index in [1.54, 1.807) is 0 Å². The second-order valence-corrected chi connectivity index (χ2v) is 5.32. The number of alkyl halides is 1. The number of fused-ring (bicyclic) bond motifs is 1. The third kappa shape index (κ3) is 2.07. The summed E-state index contributed by atoms with van der Waals surface area (Å²) in [5, 5.41) is 0. The first-order valence-corrected chi connectivity index (χ1v) is 6.90. The molecule has 2 aliphatic rings. The highest BCUT2D eigenvalue weighted by atomic mass is 35.5. The first-order valence-electron chi connectivity index (χ1n) is 6.37. The Morgan fingerprint density at radius 2 is 2.28 bits per heavy atom. The molecule has 0 N–H and O–H groups in total. The summed E-state index contributed by atoms with van der Waals surface area (Å²) in [6.07, 6.45) is 1.36. The van der Waals surface area contributed by atoms with Crippen LogP contribution in [-0.2, 0) is 11.2 Å². The fourth-order valence-electron chi connectivity index (χ4n) is 2.68. The highest BCUT2D eigenvalue weighted by Crippen LogP contribution is 2.30. The van der Waals surface area contributed by atoms with Gasteiger partial charge in [0.15, 0.2) is 6.10 Å². The summed E-state index contributed by atoms with van der Waals surface area (Å²) < 4.78 is 5.73. The molecule has 18 heavy (non-hydrogen) atoms. The topological polar surface area (TPSA) is 29.5 Å². The van der Waals surface area contributed by atoms with Gasteiger partial charge < -0.3 is 9.64 Å². The van der Waals surface area contributed by atoms with E-state index in [4.69, 9.17) is 16.3 Å². The predicted molar refractivity (Wildman–Crippen MR) is 70.0 cm³/mol. The summed E-state index contributed by atoms with van der Waals surface area (Å²) in [4.78, 5) is 14.2. The van der Waals surface area contributed by atoms with Gasteiger partial charge >= 0.3 is 0 Å². The lowest BCUT2D eigenvalue weighted by molar-refractivity contribution is -0.136. The van der Waals surface area contributed by atoms with E-state index >= 15 is 0 Å². The molecule has 0 aromatic heterocycles. The molecule has 3 rings (SSSR count). The van der Waals surface area contributed by atoms with Crippen LogP contribution in [0.3, 0.4) is 0 Å². The number of carbonyl (C=O) groups is 1. The van der Waals surface area contributed by atoms with Crippen LogP contribution in [0.5, 0.6) is 5.75 Å². The molecule has 1 aromatic rings. The summed E-state index contributed by atoms with van der Waals surface area (Å²) in [5.41, 5.74) is 1.13. The van der Waals surface area contributed by atoms with Gasteiger partial charge in [0, 0.05) is 25.4 Å². The van der Waals surface area contributed by atoms with Crippen molar-refractivity contribution in [2.75, 3.05) is 19.0 Å². The number of rotatable bonds is 2. The third-order valence-corrected chi connectivity index (χ3v) is 4.17. The van der Waals surface area contributed by atoms with E-state index in [0.29, 0.717) is 18.2 Å². The molecule has 0 radical (unpaired) electrons. The molecule has 0 spiro atoms. The number of nitrogens with zero attached hydrogens (tertiary/aromatic N) is 1. The van der Waals surface area contributed by atoms with Gasteiger partial charge in [0.25, 0.3) is 5.91 Å². The molecule has 3 nitrogen and oxygen atoms in total. The van der Waals surface area contributed by atoms with E-state index in [2.05, 4.69) is 0 Å². The minimum Gasteiger partial charge on any atom is -0.480 e. The van der Waals surface area contributed by atoms with Gasteiger partial charge in [0.05, 0.1) is 0 Å². The number of hydrogen-bond donors (Lipinski definition) is 0. The van der Waals surface area contributed by atoms with Crippen LogP contribution < -0.4 is 4.74 Å². The Hall–Kier alpha value is -1.22. The number of amides is 1. The van der Waals surface area contributed by atoms with Crippen molar-refractivity contribution in [2.45, 2.75) is 18.9 Å². The largest absolute Gasteiger partial charge is 0.480 e. The lowest BCUT2D eigenvalue weighted by atomic mass is 10.1. The number of benzene rings is 1. The zero-order valence-corrected chi connectivity index (χ0v) is 10.9. The summed E-state index contributed by atoms with van der Waals surface area (Å²) in [6.45, 7) is 1.59. The summed E-state index contributed by atoms with van der Waals surface area (Å²) in [7, 11) is 0. The van der Waals surface area contributed by atoms with E-state index < -0.39 is 0 Å². The second kappa shape index (κ2) is 4.81. The molecule has 2 atom stereocenters. The maximum absolute atomic E-state index is 12.3. The van der Waals surface area contributed by atoms with E-state index in [9.17, 15) is 4.79 Å². The average molecular weight is 266 g/mol. The van der Waals surface area contributed by atoms with Crippen molar-refractivity contribution < 1.29 is 9.53 Å². The molecule has 0 bridgehead atoms. The quantitative estimate of drug-likeness (QED) is 0.767. The molecule has 2 aliphatic heterocycles. The van der Waals surface area contributed by atoms with Gasteiger partial charge in [-0.1, -0.05) is 18.2 Å². The van der Waals surface area contributed by atoms with Gasteiger partial charge in [0.1, 0.15) is 5.75 Å². The van der Waals surface area contributed by atoms with Crippen LogP contribution in [0.2, 0.25) is 0 Å². The van der Waals surface area contributed by atoms with Crippen molar-refractivity contribution >= 4 is 17.5 Å². The van der Waals surface area contributed by atoms with Gasteiger partial charge in [-0.05, 0) is 24.0 Å². The van der Waals surface area contributed by atoms with Crippen molar-refractivity contribution in [1.82, 2.24) is 4.90 Å². The number of para-hydroxylation sites is 1. The standard InChI is InChI=1S/C14H16ClNO2/c15-8-10-5-6-16(9-10)14(17)13-7-11-3-1-2-4-12(11)18-13/h1-4,10,13H,5-9H2. The van der Waals surface area contributed by atoms with Crippen molar-refractivity contribution in [2.24, 2.45) is 5.92 Å². The highest BCUT2D eigenvalue weighted by molar-refractivity contribution is 6.18. The van der Waals surface area contributed by atoms with Crippen LogP contribution in [0, 0.1) is 5.92 Å². The van der Waals surface area contributed by atoms with Gasteiger partial charge in [-0.3, -0.25) is 4.79 Å². The number of ether oxygens (including phenoxy) is 1. The van der Waals surface area contributed by atoms with Crippen LogP contribution >= 0.6 is 11.6 Å². The minimum atomic E-state index is -0.337. The van der Waals surface area contributed by atoms with Crippen molar-refractivity contribution in [3.8, 4) is 5.75 Å². The maximum Gasteiger partial charge on any atom is 0.264 e. The van der Waals surface area contributed by atoms with Crippen LogP contribution in [0.15, 0.2) is 24.3 Å². The molecular weight excluding hydrogens is 250 g/mol. The molecule has 1 saturated heterocycles. The Labute approximate surface area is 112 Å². The molecule has 0 saturated carbocycles. The number of hydrogen-bond acceptors (Lipinski definition) is 2. The Morgan fingerprint density at radius 3 is 3.00 bits per heavy atom. The highest BCUT2D eigenvalue weighted by Gasteiger charge is 2.35. The van der Waals surface area contributed by atoms with E-state index in [-0.39, 0.29) is 12.0 Å². The summed E-state index contributed by atoms with van der Waals surface area (Å²) in [6, 6.07) is 7.86. The molecule has 1 aromatic carbocycles. The first kappa shape index (κ1) is 11.8. The lowest BCUT2D eigenvalue weighted by Crippen LogP contribution is -2.40. The van der Waals surface area contributed by atoms with E-state index in [0.717, 1.165) is 30.8 Å². The van der Waals surface area contributed by atoms with Crippen molar-refractivity contribution in [3.05, 3.63) is 29.8 Å². The van der Waals surface area contributed by atoms with Crippen LogP contribution in [0.4, 0.5) is 0 Å². The summed E-state index contributed by atoms with van der Waals surface area (Å²) >= 11 is 5.84. The molecule has 1 amide bonds. The first-order chi connectivity index (χ1) is 8.78. The molecule has 2 unspecified atom stereocenters. The molecule has 4 heteroatoms. The normalized spacial score (nSPS) is 25.9. The van der Waals surface area contributed by atoms with E-state index in [1.165, 1.54) is 0 Å². The number of halogens is 1. The summed E-state index contributed by atoms with van der Waals surface area (Å²) in [5.74, 6) is 2.04. The average Bonchev–Trinajstić information content (AvgIpc) is 3.04. The third-order valence-electron chi connectivity index (χ3n) is 3.74. The van der Waals surface area contributed by atoms with Gasteiger partial charge in [-0.25, -0.2) is 0 Å². The van der Waals surface area contributed by atoms with Crippen LogP contribution in [-0.4, -0.2) is 35.9 Å². The van der Waals surface area contributed by atoms with Gasteiger partial charge in [-0.15, -0.1) is 11.6 Å². The monoisotopic (exact) mass is 265 g/mol. The van der Waals surface area contributed by atoms with Crippen LogP contribution in [0.1, 0.15) is 12.0 Å². The number of likely N-dealkylation sites (tertiary alicyclic amines) is 1. The van der Waals surface area contributed by atoms with Gasteiger partial charge in [0.2, 0.25) is 0 Å². The van der Waals surface area contributed by atoms with Gasteiger partial charge in [-0.2, -0.15) is 0 Å². The Morgan fingerprint density at radius 1 is 1.44 bits per heavy atom. The Balaban J connectivity index is 1.66. The molecular formula is C14H16ClNO2. The molecule has 2 heterocycles. The maximum atomic E-state index is 12.3. The molecule has 0 aliphatic carbocycles. The van der Waals surface area contributed by atoms with Crippen molar-refractivity contribution in [3.63, 3.8) is 0 Å². The smallest absolute Gasteiger partial charge is 0.264 e. The lowest BCUT2D eigenvalue weighted by Gasteiger charge is -2.20. The fourth-order valence-corrected chi connectivity index (χ4v) is 2.93. The minimum absolute atomic E-state index is 0.110. The second-order valence-electron chi connectivity index (χ2n) is 5.01. The zero-order valence-electron chi connectivity index (χ0n) is 10.1. The van der Waals surface area contributed by atoms with Crippen LogP contribution in [0.25, 0.3) is 0 Å². The SMILES string of the molecule is O=C(C1Cc2ccccc2O1)N1CCC(CCl)C1. The molecule has 1 fully saturated rings.